The summed E-state index contributed by atoms with van der Waals surface area (Å²) in [5, 5.41) is 36.4. The molecule has 0 heterocycles. The normalized spacial score (nSPS) is 14.0. The molecule has 4 nitrogen and oxygen atoms in total. The van der Waals surface area contributed by atoms with Crippen molar-refractivity contribution in [2.24, 2.45) is 32.5 Å². The Kier molecular flexibility index (Phi) is 20.1. The molecule has 0 aromatic heterocycles. The van der Waals surface area contributed by atoms with Gasteiger partial charge in [-0.15, -0.1) is 16.8 Å². The largest absolute Gasteiger partial charge is 3.00 e. The van der Waals surface area contributed by atoms with E-state index >= 15 is 0 Å². The zero-order valence-corrected chi connectivity index (χ0v) is 29.6. The van der Waals surface area contributed by atoms with E-state index in [9.17, 15) is 15.3 Å². The van der Waals surface area contributed by atoms with E-state index in [1.165, 1.54) is 0 Å². The molecule has 0 fully saturated rings. The molecule has 0 saturated carbocycles. The monoisotopic (exact) mass is 551 g/mol. The minimum atomic E-state index is -0.875. The molecule has 0 aromatic rings. The predicted molar refractivity (Wildman–Crippen MR) is 144 cm³/mol. The molecule has 0 atom stereocenters. The van der Waals surface area contributed by atoms with Gasteiger partial charge in [0, 0.05) is 0 Å². The smallest absolute Gasteiger partial charge is 0.870 e. The predicted octanol–water partition coefficient (Wildman–Crippen LogP) is 3.42. The van der Waals surface area contributed by atoms with Crippen molar-refractivity contribution in [3.63, 3.8) is 0 Å². The minimum Gasteiger partial charge on any atom is -0.870 e. The molecular formula is C30H64FeLiO4. The molecule has 0 amide bonds. The van der Waals surface area contributed by atoms with Crippen LogP contribution < -0.4 is 34.2 Å². The Morgan fingerprint density at radius 1 is 0.278 bits per heavy atom. The molecular weight excluding hydrogens is 487 g/mol. The zero-order chi connectivity index (χ0) is 28.5. The molecule has 1 N–H and O–H groups in total. The second kappa shape index (κ2) is 14.5. The van der Waals surface area contributed by atoms with E-state index in [0.717, 1.165) is 0 Å². The van der Waals surface area contributed by atoms with Crippen LogP contribution in [0.25, 0.3) is 0 Å². The van der Waals surface area contributed by atoms with Crippen LogP contribution in [0.5, 0.6) is 0 Å². The molecule has 217 valence electrons. The van der Waals surface area contributed by atoms with Crippen molar-refractivity contribution < 1.29 is 56.7 Å². The SMILES string of the molecule is CC(C)(C)C(C)([O-])C(C)(C)C.CC(C)(C)C(C)([O-])C(C)(C)C.CC(C)(C)C(C)([O-])C(C)(C)C.[Fe+3].[Li+].[OH-]. The Balaban J connectivity index is -0.0000000900. The molecule has 0 bridgehead atoms. The second-order valence-electron chi connectivity index (χ2n) is 16.6. The molecule has 1 radical (unpaired) electrons. The van der Waals surface area contributed by atoms with Gasteiger partial charge in [0.2, 0.25) is 0 Å². The van der Waals surface area contributed by atoms with E-state index in [1.54, 1.807) is 20.8 Å². The average Bonchev–Trinajstić information content (AvgIpc) is 2.41. The first kappa shape index (κ1) is 49.9. The van der Waals surface area contributed by atoms with Gasteiger partial charge in [-0.1, -0.05) is 145 Å². The van der Waals surface area contributed by atoms with Crippen LogP contribution >= 0.6 is 0 Å². The fraction of sp³-hybridized carbons (Fsp3) is 1.00. The number of rotatable bonds is 0. The fourth-order valence-corrected chi connectivity index (χ4v) is 3.38. The topological polar surface area (TPSA) is 99.2 Å². The maximum absolute atomic E-state index is 12.1. The first-order valence-electron chi connectivity index (χ1n) is 12.6. The third-order valence-electron chi connectivity index (χ3n) is 8.59. The molecule has 0 aliphatic heterocycles. The van der Waals surface area contributed by atoms with Crippen molar-refractivity contribution in [3.05, 3.63) is 0 Å². The number of hydrogen-bond acceptors (Lipinski definition) is 4. The molecule has 36 heavy (non-hydrogen) atoms. The summed E-state index contributed by atoms with van der Waals surface area (Å²) in [6, 6.07) is 0. The Morgan fingerprint density at radius 3 is 0.333 bits per heavy atom. The van der Waals surface area contributed by atoms with Gasteiger partial charge < -0.3 is 20.8 Å². The van der Waals surface area contributed by atoms with Gasteiger partial charge in [0.05, 0.1) is 0 Å². The van der Waals surface area contributed by atoms with Crippen LogP contribution in [0.3, 0.4) is 0 Å². The van der Waals surface area contributed by atoms with Gasteiger partial charge in [0.15, 0.2) is 0 Å². The van der Waals surface area contributed by atoms with Gasteiger partial charge in [-0.05, 0) is 32.5 Å². The summed E-state index contributed by atoms with van der Waals surface area (Å²) in [4.78, 5) is 0. The molecule has 0 aliphatic rings. The van der Waals surface area contributed by atoms with Crippen LogP contribution in [-0.2, 0) is 17.1 Å². The maximum atomic E-state index is 12.1. The van der Waals surface area contributed by atoms with Gasteiger partial charge in [-0.25, -0.2) is 0 Å². The number of hydrogen-bond donors (Lipinski definition) is 0. The molecule has 0 aliphatic carbocycles. The van der Waals surface area contributed by atoms with Crippen molar-refractivity contribution >= 4 is 0 Å². The Morgan fingerprint density at radius 2 is 0.333 bits per heavy atom. The fourth-order valence-electron chi connectivity index (χ4n) is 3.38. The van der Waals surface area contributed by atoms with Crippen molar-refractivity contribution in [1.29, 1.82) is 0 Å². The van der Waals surface area contributed by atoms with E-state index in [4.69, 9.17) is 0 Å². The summed E-state index contributed by atoms with van der Waals surface area (Å²) < 4.78 is 0. The Bertz CT molecular complexity index is 450. The van der Waals surface area contributed by atoms with Crippen molar-refractivity contribution in [3.8, 4) is 0 Å². The quantitative estimate of drug-likeness (QED) is 0.431. The Hall–Kier alpha value is 0.957. The molecule has 0 rings (SSSR count). The summed E-state index contributed by atoms with van der Waals surface area (Å²) in [6.07, 6.45) is 0. The van der Waals surface area contributed by atoms with Crippen molar-refractivity contribution in [2.75, 3.05) is 0 Å². The van der Waals surface area contributed by atoms with Crippen LogP contribution in [0, 0.1) is 32.5 Å². The van der Waals surface area contributed by atoms with E-state index in [2.05, 4.69) is 0 Å². The zero-order valence-electron chi connectivity index (χ0n) is 28.5. The second-order valence-corrected chi connectivity index (χ2v) is 16.6. The summed E-state index contributed by atoms with van der Waals surface area (Å²) in [7, 11) is 0. The molecule has 6 heteroatoms. The molecule has 0 saturated heterocycles. The van der Waals surface area contributed by atoms with Gasteiger partial charge in [-0.2, -0.15) is 0 Å². The molecule has 0 aromatic carbocycles. The minimum absolute atomic E-state index is 0. The summed E-state index contributed by atoms with van der Waals surface area (Å²) in [5.41, 5.74) is -3.68. The van der Waals surface area contributed by atoms with E-state index in [-0.39, 0.29) is 73.9 Å². The standard InChI is InChI=1S/3C10H21O.Fe.Li.H2O/c3*1-8(2,3)10(7,11)9(4,5)6;;;/h3*1-7H3;;;1H2/q3*-1;+3;+1;/p-1. The van der Waals surface area contributed by atoms with E-state index in [1.807, 2.05) is 125 Å². The first-order chi connectivity index (χ1) is 13.5. The van der Waals surface area contributed by atoms with Gasteiger partial charge >= 0.3 is 35.9 Å². The maximum Gasteiger partial charge on any atom is 3.00 e. The van der Waals surface area contributed by atoms with Crippen molar-refractivity contribution in [2.45, 2.75) is 162 Å². The third-order valence-corrected chi connectivity index (χ3v) is 8.59. The van der Waals surface area contributed by atoms with Crippen LogP contribution in [0.15, 0.2) is 0 Å². The molecule has 0 unspecified atom stereocenters. The van der Waals surface area contributed by atoms with Crippen LogP contribution in [0.4, 0.5) is 0 Å². The summed E-state index contributed by atoms with van der Waals surface area (Å²) >= 11 is 0. The van der Waals surface area contributed by atoms with Crippen LogP contribution in [-0.4, -0.2) is 22.3 Å². The average molecular weight is 552 g/mol. The Labute approximate surface area is 250 Å². The van der Waals surface area contributed by atoms with E-state index in [0.29, 0.717) is 0 Å². The van der Waals surface area contributed by atoms with E-state index < -0.39 is 16.8 Å². The van der Waals surface area contributed by atoms with Gasteiger partial charge in [0.1, 0.15) is 0 Å². The van der Waals surface area contributed by atoms with Crippen LogP contribution in [0.1, 0.15) is 145 Å². The van der Waals surface area contributed by atoms with Crippen molar-refractivity contribution in [1.82, 2.24) is 0 Å². The third kappa shape index (κ3) is 13.3. The van der Waals surface area contributed by atoms with Gasteiger partial charge in [0.25, 0.3) is 0 Å². The summed E-state index contributed by atoms with van der Waals surface area (Å²) in [5.74, 6) is 0. The van der Waals surface area contributed by atoms with Gasteiger partial charge in [-0.3, -0.25) is 0 Å². The summed E-state index contributed by atoms with van der Waals surface area (Å²) in [6.45, 7) is 41.5. The van der Waals surface area contributed by atoms with Crippen LogP contribution in [0.2, 0.25) is 0 Å². The first-order valence-corrected chi connectivity index (χ1v) is 12.6. The molecule has 0 spiro atoms.